The van der Waals surface area contributed by atoms with E-state index in [-0.39, 0.29) is 0 Å². The molecule has 0 bridgehead atoms. The van der Waals surface area contributed by atoms with Crippen molar-refractivity contribution in [3.05, 3.63) is 39.7 Å². The largest absolute Gasteiger partial charge is 0.354 e. The average molecular weight is 302 g/mol. The molecule has 2 aromatic rings. The summed E-state index contributed by atoms with van der Waals surface area (Å²) in [6, 6.07) is 9.06. The maximum Gasteiger partial charge on any atom is 0.151 e. The molecule has 2 aromatic heterocycles. The third-order valence-electron chi connectivity index (χ3n) is 3.89. The van der Waals surface area contributed by atoms with Crippen LogP contribution in [0.25, 0.3) is 0 Å². The van der Waals surface area contributed by atoms with Crippen LogP contribution < -0.4 is 10.2 Å². The molecule has 112 valence electrons. The minimum absolute atomic E-state index is 0.532. The Balaban J connectivity index is 1.56. The van der Waals surface area contributed by atoms with E-state index in [2.05, 4.69) is 45.5 Å². The van der Waals surface area contributed by atoms with Crippen molar-refractivity contribution in [2.24, 2.45) is 0 Å². The molecule has 0 aliphatic carbocycles. The second kappa shape index (κ2) is 6.54. The molecule has 0 amide bonds. The molecular weight excluding hydrogens is 280 g/mol. The number of nitrogens with zero attached hydrogens (tertiary/aromatic N) is 3. The quantitative estimate of drug-likeness (QED) is 0.943. The predicted molar refractivity (Wildman–Crippen MR) is 87.9 cm³/mol. The van der Waals surface area contributed by atoms with Crippen molar-refractivity contribution in [1.29, 1.82) is 0 Å². The fourth-order valence-corrected chi connectivity index (χ4v) is 3.58. The summed E-state index contributed by atoms with van der Waals surface area (Å²) in [7, 11) is 0. The van der Waals surface area contributed by atoms with Crippen LogP contribution in [0.5, 0.6) is 0 Å². The summed E-state index contributed by atoms with van der Waals surface area (Å²) in [5.74, 6) is 0.999. The highest BCUT2D eigenvalue weighted by Crippen LogP contribution is 2.19. The van der Waals surface area contributed by atoms with E-state index in [1.807, 2.05) is 24.3 Å². The van der Waals surface area contributed by atoms with E-state index in [4.69, 9.17) is 0 Å². The lowest BCUT2D eigenvalue weighted by Crippen LogP contribution is -2.45. The van der Waals surface area contributed by atoms with E-state index in [9.17, 15) is 0 Å². The van der Waals surface area contributed by atoms with Crippen LogP contribution in [-0.2, 0) is 6.54 Å². The van der Waals surface area contributed by atoms with E-state index < -0.39 is 0 Å². The molecule has 1 saturated heterocycles. The van der Waals surface area contributed by atoms with Gasteiger partial charge in [-0.15, -0.1) is 16.4 Å². The normalized spacial score (nSPS) is 19.0. The molecule has 0 saturated carbocycles. The summed E-state index contributed by atoms with van der Waals surface area (Å²) < 4.78 is 0. The maximum absolute atomic E-state index is 4.31. The molecule has 1 aliphatic heterocycles. The minimum Gasteiger partial charge on any atom is -0.354 e. The molecule has 1 atom stereocenters. The monoisotopic (exact) mass is 302 g/mol. The zero-order chi connectivity index (χ0) is 14.7. The van der Waals surface area contributed by atoms with Gasteiger partial charge in [-0.2, -0.15) is 5.10 Å². The van der Waals surface area contributed by atoms with Crippen molar-refractivity contribution in [1.82, 2.24) is 15.5 Å². The lowest BCUT2D eigenvalue weighted by atomic mass is 10.1. The van der Waals surface area contributed by atoms with Crippen molar-refractivity contribution >= 4 is 17.2 Å². The first-order valence-corrected chi connectivity index (χ1v) is 8.36. The molecule has 1 unspecified atom stereocenters. The van der Waals surface area contributed by atoms with E-state index in [1.54, 1.807) is 0 Å². The highest BCUT2D eigenvalue weighted by atomic mass is 32.1. The van der Waals surface area contributed by atoms with Gasteiger partial charge in [0.15, 0.2) is 5.82 Å². The second-order valence-electron chi connectivity index (χ2n) is 5.71. The number of aryl methyl sites for hydroxylation is 2. The van der Waals surface area contributed by atoms with Gasteiger partial charge < -0.3 is 10.2 Å². The number of aromatic nitrogens is 2. The van der Waals surface area contributed by atoms with Gasteiger partial charge in [0.1, 0.15) is 0 Å². The SMILES string of the molecule is Cc1ccc(N2CCCC(NCc3ccc(C)s3)C2)nn1. The third-order valence-corrected chi connectivity index (χ3v) is 4.89. The topological polar surface area (TPSA) is 41.0 Å². The van der Waals surface area contributed by atoms with Gasteiger partial charge in [0.05, 0.1) is 5.69 Å². The van der Waals surface area contributed by atoms with Gasteiger partial charge in [0, 0.05) is 35.4 Å². The molecule has 1 fully saturated rings. The average Bonchev–Trinajstić information content (AvgIpc) is 2.92. The van der Waals surface area contributed by atoms with E-state index in [1.165, 1.54) is 22.6 Å². The number of rotatable bonds is 4. The van der Waals surface area contributed by atoms with Crippen LogP contribution in [0.2, 0.25) is 0 Å². The number of thiophene rings is 1. The Morgan fingerprint density at radius 2 is 2.14 bits per heavy atom. The van der Waals surface area contributed by atoms with Crippen molar-refractivity contribution in [2.75, 3.05) is 18.0 Å². The summed E-state index contributed by atoms with van der Waals surface area (Å²) in [4.78, 5) is 5.14. The van der Waals surface area contributed by atoms with Gasteiger partial charge in [-0.25, -0.2) is 0 Å². The van der Waals surface area contributed by atoms with Crippen molar-refractivity contribution in [3.63, 3.8) is 0 Å². The van der Waals surface area contributed by atoms with Crippen LogP contribution >= 0.6 is 11.3 Å². The van der Waals surface area contributed by atoms with E-state index >= 15 is 0 Å². The van der Waals surface area contributed by atoms with E-state index in [0.29, 0.717) is 6.04 Å². The first-order chi connectivity index (χ1) is 10.2. The standard InChI is InChI=1S/C16H22N4S/c1-12-5-8-16(19-18-12)20-9-3-4-14(11-20)17-10-15-7-6-13(2)21-15/h5-8,14,17H,3-4,9-11H2,1-2H3. The number of piperidine rings is 1. The Kier molecular flexibility index (Phi) is 4.51. The molecular formula is C16H22N4S. The van der Waals surface area contributed by atoms with Crippen molar-refractivity contribution < 1.29 is 0 Å². The Morgan fingerprint density at radius 3 is 2.86 bits per heavy atom. The summed E-state index contributed by atoms with van der Waals surface area (Å²) in [6.07, 6.45) is 2.44. The van der Waals surface area contributed by atoms with Crippen LogP contribution in [0.3, 0.4) is 0 Å². The van der Waals surface area contributed by atoms with Crippen LogP contribution in [0.4, 0.5) is 5.82 Å². The van der Waals surface area contributed by atoms with Gasteiger partial charge >= 0.3 is 0 Å². The fourth-order valence-electron chi connectivity index (χ4n) is 2.74. The number of anilines is 1. The molecule has 4 nitrogen and oxygen atoms in total. The second-order valence-corrected chi connectivity index (χ2v) is 7.08. The molecule has 0 spiro atoms. The highest BCUT2D eigenvalue weighted by molar-refractivity contribution is 7.11. The minimum atomic E-state index is 0.532. The smallest absolute Gasteiger partial charge is 0.151 e. The van der Waals surface area contributed by atoms with Gasteiger partial charge in [0.25, 0.3) is 0 Å². The van der Waals surface area contributed by atoms with Gasteiger partial charge in [-0.05, 0) is 51.0 Å². The first-order valence-electron chi connectivity index (χ1n) is 7.55. The Morgan fingerprint density at radius 1 is 1.24 bits per heavy atom. The molecule has 1 N–H and O–H groups in total. The summed E-state index contributed by atoms with van der Waals surface area (Å²) >= 11 is 1.88. The fraction of sp³-hybridized carbons (Fsp3) is 0.500. The summed E-state index contributed by atoms with van der Waals surface area (Å²) in [5.41, 5.74) is 0.971. The van der Waals surface area contributed by atoms with Crippen molar-refractivity contribution in [2.45, 2.75) is 39.3 Å². The highest BCUT2D eigenvalue weighted by Gasteiger charge is 2.20. The Hall–Kier alpha value is -1.46. The molecule has 21 heavy (non-hydrogen) atoms. The summed E-state index contributed by atoms with van der Waals surface area (Å²) in [5, 5.41) is 12.2. The summed E-state index contributed by atoms with van der Waals surface area (Å²) in [6.45, 7) is 7.19. The molecule has 3 heterocycles. The Labute approximate surface area is 130 Å². The van der Waals surface area contributed by atoms with Gasteiger partial charge in [0.2, 0.25) is 0 Å². The van der Waals surface area contributed by atoms with Gasteiger partial charge in [-0.3, -0.25) is 0 Å². The molecule has 0 aromatic carbocycles. The van der Waals surface area contributed by atoms with Crippen LogP contribution in [0.1, 0.15) is 28.3 Å². The number of hydrogen-bond acceptors (Lipinski definition) is 5. The lowest BCUT2D eigenvalue weighted by Gasteiger charge is -2.33. The molecule has 0 radical (unpaired) electrons. The van der Waals surface area contributed by atoms with Crippen LogP contribution in [0, 0.1) is 13.8 Å². The predicted octanol–water partition coefficient (Wildman–Crippen LogP) is 2.91. The van der Waals surface area contributed by atoms with Gasteiger partial charge in [-0.1, -0.05) is 0 Å². The van der Waals surface area contributed by atoms with Crippen molar-refractivity contribution in [3.8, 4) is 0 Å². The zero-order valence-electron chi connectivity index (χ0n) is 12.7. The molecule has 5 heteroatoms. The maximum atomic E-state index is 4.31. The molecule has 1 aliphatic rings. The van der Waals surface area contributed by atoms with Crippen LogP contribution in [-0.4, -0.2) is 29.3 Å². The zero-order valence-corrected chi connectivity index (χ0v) is 13.5. The number of hydrogen-bond donors (Lipinski definition) is 1. The Bertz CT molecular complexity index is 578. The number of nitrogens with one attached hydrogen (secondary N) is 1. The first kappa shape index (κ1) is 14.5. The third kappa shape index (κ3) is 3.80. The van der Waals surface area contributed by atoms with E-state index in [0.717, 1.165) is 31.1 Å². The van der Waals surface area contributed by atoms with Crippen LogP contribution in [0.15, 0.2) is 24.3 Å². The lowest BCUT2D eigenvalue weighted by molar-refractivity contribution is 0.420. The molecule has 3 rings (SSSR count).